The van der Waals surface area contributed by atoms with E-state index in [0.29, 0.717) is 10.6 Å². The van der Waals surface area contributed by atoms with Crippen LogP contribution >= 0.6 is 11.6 Å². The fourth-order valence-corrected chi connectivity index (χ4v) is 0.776. The van der Waals surface area contributed by atoms with Crippen LogP contribution in [-0.4, -0.2) is 0 Å². The Morgan fingerprint density at radius 2 is 2.20 bits per heavy atom. The van der Waals surface area contributed by atoms with Gasteiger partial charge in [-0.1, -0.05) is 11.9 Å². The molecule has 0 bridgehead atoms. The van der Waals surface area contributed by atoms with Gasteiger partial charge in [0.2, 0.25) is 0 Å². The monoisotopic (exact) mass is 207 g/mol. The first-order chi connectivity index (χ1) is 4.20. The van der Waals surface area contributed by atoms with Crippen LogP contribution in [0, 0.1) is 18.8 Å². The van der Waals surface area contributed by atoms with E-state index in [9.17, 15) is 4.39 Å². The molecule has 0 spiro atoms. The first-order valence-corrected chi connectivity index (χ1v) is 2.91. The first-order valence-electron chi connectivity index (χ1n) is 2.53. The van der Waals surface area contributed by atoms with Gasteiger partial charge in [-0.2, -0.15) is 17.7 Å². The molecule has 0 N–H and O–H groups in total. The molecule has 0 nitrogen and oxygen atoms in total. The van der Waals surface area contributed by atoms with Gasteiger partial charge in [0, 0.05) is 25.3 Å². The predicted molar refractivity (Wildman–Crippen MR) is 35.0 cm³/mol. The molecule has 3 heteroatoms. The SMILES string of the molecule is Cc1cc(Cl)c[c-]c1F.[Zn]. The summed E-state index contributed by atoms with van der Waals surface area (Å²) < 4.78 is 12.4. The normalized spacial score (nSPS) is 8.70. The van der Waals surface area contributed by atoms with Crippen molar-refractivity contribution in [3.8, 4) is 0 Å². The molecular weight excluding hydrogens is 204 g/mol. The summed E-state index contributed by atoms with van der Waals surface area (Å²) in [5, 5.41) is 0.522. The maximum Gasteiger partial charge on any atom is 0.0138 e. The van der Waals surface area contributed by atoms with Crippen LogP contribution in [0.3, 0.4) is 0 Å². The van der Waals surface area contributed by atoms with Crippen molar-refractivity contribution in [3.63, 3.8) is 0 Å². The van der Waals surface area contributed by atoms with Crippen LogP contribution in [0.5, 0.6) is 0 Å². The number of halogens is 2. The molecular formula is C7H5ClFZn-. The zero-order chi connectivity index (χ0) is 6.85. The van der Waals surface area contributed by atoms with Gasteiger partial charge in [-0.05, 0) is 0 Å². The van der Waals surface area contributed by atoms with Crippen molar-refractivity contribution in [2.24, 2.45) is 0 Å². The summed E-state index contributed by atoms with van der Waals surface area (Å²) >= 11 is 5.52. The molecule has 0 atom stereocenters. The summed E-state index contributed by atoms with van der Waals surface area (Å²) in [5.74, 6) is -0.334. The Kier molecular flexibility index (Phi) is 4.08. The van der Waals surface area contributed by atoms with E-state index in [1.807, 2.05) is 0 Å². The van der Waals surface area contributed by atoms with Crippen LogP contribution < -0.4 is 0 Å². The molecule has 0 saturated heterocycles. The third-order valence-electron chi connectivity index (χ3n) is 1.04. The van der Waals surface area contributed by atoms with Crippen molar-refractivity contribution in [1.29, 1.82) is 0 Å². The van der Waals surface area contributed by atoms with E-state index in [1.54, 1.807) is 13.0 Å². The van der Waals surface area contributed by atoms with Gasteiger partial charge in [-0.3, -0.25) is 0 Å². The third-order valence-corrected chi connectivity index (χ3v) is 1.26. The van der Waals surface area contributed by atoms with Gasteiger partial charge in [0.1, 0.15) is 0 Å². The number of hydrogen-bond donors (Lipinski definition) is 0. The van der Waals surface area contributed by atoms with E-state index in [2.05, 4.69) is 6.07 Å². The molecule has 0 amide bonds. The topological polar surface area (TPSA) is 0 Å². The smallest absolute Gasteiger partial charge is 0.0138 e. The zero-order valence-corrected chi connectivity index (χ0v) is 9.34. The summed E-state index contributed by atoms with van der Waals surface area (Å²) in [6.45, 7) is 1.65. The Balaban J connectivity index is 0.000000810. The third kappa shape index (κ3) is 2.36. The molecule has 0 radical (unpaired) electrons. The van der Waals surface area contributed by atoms with Gasteiger partial charge in [0.05, 0.1) is 0 Å². The predicted octanol–water partition coefficient (Wildman–Crippen LogP) is 2.59. The van der Waals surface area contributed by atoms with Crippen molar-refractivity contribution in [2.45, 2.75) is 6.92 Å². The second-order valence-electron chi connectivity index (χ2n) is 1.81. The molecule has 0 aromatic heterocycles. The molecule has 1 aromatic carbocycles. The molecule has 0 aliphatic carbocycles. The number of hydrogen-bond acceptors (Lipinski definition) is 0. The van der Waals surface area contributed by atoms with E-state index in [0.717, 1.165) is 0 Å². The Labute approximate surface area is 77.1 Å². The Morgan fingerprint density at radius 3 is 2.60 bits per heavy atom. The van der Waals surface area contributed by atoms with Crippen LogP contribution in [0.1, 0.15) is 5.56 Å². The molecule has 0 saturated carbocycles. The largest absolute Gasteiger partial charge is 0.236 e. The minimum absolute atomic E-state index is 0. The van der Waals surface area contributed by atoms with Gasteiger partial charge in [0.25, 0.3) is 0 Å². The van der Waals surface area contributed by atoms with E-state index in [-0.39, 0.29) is 25.3 Å². The van der Waals surface area contributed by atoms with Crippen LogP contribution in [0.4, 0.5) is 4.39 Å². The van der Waals surface area contributed by atoms with E-state index >= 15 is 0 Å². The minimum Gasteiger partial charge on any atom is -0.236 e. The van der Waals surface area contributed by atoms with Crippen molar-refractivity contribution in [3.05, 3.63) is 34.6 Å². The molecule has 10 heavy (non-hydrogen) atoms. The summed E-state index contributed by atoms with van der Waals surface area (Å²) in [7, 11) is 0. The van der Waals surface area contributed by atoms with Gasteiger partial charge in [0.15, 0.2) is 0 Å². The summed E-state index contributed by atoms with van der Waals surface area (Å²) in [5.41, 5.74) is 0.530. The number of aryl methyl sites for hydroxylation is 1. The molecule has 1 aromatic rings. The summed E-state index contributed by atoms with van der Waals surface area (Å²) in [6, 6.07) is 5.34. The average molecular weight is 209 g/mol. The molecule has 0 fully saturated rings. The first kappa shape index (κ1) is 10.1. The van der Waals surface area contributed by atoms with Crippen LogP contribution in [0.15, 0.2) is 12.1 Å². The summed E-state index contributed by atoms with van der Waals surface area (Å²) in [4.78, 5) is 0. The molecule has 0 unspecified atom stereocenters. The van der Waals surface area contributed by atoms with E-state index in [1.165, 1.54) is 6.07 Å². The Hall–Kier alpha value is 0.0634. The molecule has 50 valence electrons. The molecule has 1 rings (SSSR count). The number of rotatable bonds is 0. The minimum atomic E-state index is -0.334. The molecule has 0 aliphatic heterocycles. The molecule has 0 heterocycles. The van der Waals surface area contributed by atoms with Crippen LogP contribution in [0.2, 0.25) is 5.02 Å². The van der Waals surface area contributed by atoms with Crippen LogP contribution in [0.25, 0.3) is 0 Å². The maximum absolute atomic E-state index is 12.4. The van der Waals surface area contributed by atoms with Crippen molar-refractivity contribution >= 4 is 11.6 Å². The number of benzene rings is 1. The van der Waals surface area contributed by atoms with Gasteiger partial charge < -0.3 is 0 Å². The fraction of sp³-hybridized carbons (Fsp3) is 0.143. The van der Waals surface area contributed by atoms with Crippen molar-refractivity contribution in [2.75, 3.05) is 0 Å². The standard InChI is InChI=1S/C7H5ClF.Zn/c1-5-4-6(8)2-3-7(5)9;/h2,4H,1H3;/q-1;. The summed E-state index contributed by atoms with van der Waals surface area (Å²) in [6.07, 6.45) is 0. The van der Waals surface area contributed by atoms with E-state index in [4.69, 9.17) is 11.6 Å². The van der Waals surface area contributed by atoms with Crippen molar-refractivity contribution < 1.29 is 23.9 Å². The van der Waals surface area contributed by atoms with Crippen molar-refractivity contribution in [1.82, 2.24) is 0 Å². The van der Waals surface area contributed by atoms with E-state index < -0.39 is 0 Å². The zero-order valence-electron chi connectivity index (χ0n) is 5.62. The Morgan fingerprint density at radius 1 is 1.60 bits per heavy atom. The second kappa shape index (κ2) is 4.05. The van der Waals surface area contributed by atoms with Gasteiger partial charge in [-0.25, -0.2) is 4.39 Å². The quantitative estimate of drug-likeness (QED) is 0.455. The second-order valence-corrected chi connectivity index (χ2v) is 2.25. The molecule has 0 aliphatic rings. The Bertz CT molecular complexity index is 225. The average Bonchev–Trinajstić information content (AvgIpc) is 1.80. The van der Waals surface area contributed by atoms with Crippen LogP contribution in [-0.2, 0) is 19.5 Å². The fourth-order valence-electron chi connectivity index (χ4n) is 0.558. The van der Waals surface area contributed by atoms with Gasteiger partial charge >= 0.3 is 0 Å². The van der Waals surface area contributed by atoms with Gasteiger partial charge in [-0.15, -0.1) is 17.7 Å². The maximum atomic E-state index is 12.4.